The van der Waals surface area contributed by atoms with Gasteiger partial charge < -0.3 is 9.79 Å². The number of nitrogens with zero attached hydrogens (tertiary/aromatic N) is 2. The van der Waals surface area contributed by atoms with Gasteiger partial charge in [0.15, 0.2) is 0 Å². The molecule has 3 N–H and O–H groups in total. The average molecular weight is 249 g/mol. The first-order valence-corrected chi connectivity index (χ1v) is 6.37. The van der Waals surface area contributed by atoms with Crippen LogP contribution in [0.1, 0.15) is 27.7 Å². The van der Waals surface area contributed by atoms with E-state index in [-0.39, 0.29) is 18.7 Å². The third-order valence-electron chi connectivity index (χ3n) is 2.09. The van der Waals surface area contributed by atoms with Gasteiger partial charge in [-0.25, -0.2) is 0 Å². The Kier molecular flexibility index (Phi) is 7.77. The highest BCUT2D eigenvalue weighted by molar-refractivity contribution is 7.42. The topological polar surface area (TPSA) is 88.8 Å². The summed E-state index contributed by atoms with van der Waals surface area (Å²) in [7, 11) is -2.29. The van der Waals surface area contributed by atoms with E-state index >= 15 is 0 Å². The molecular weight excluding hydrogens is 229 g/mol. The molecule has 0 fully saturated rings. The van der Waals surface area contributed by atoms with Crippen molar-refractivity contribution in [1.82, 2.24) is 10.2 Å². The largest absolute Gasteiger partial charge is 0.337 e. The van der Waals surface area contributed by atoms with E-state index in [0.717, 1.165) is 0 Å². The van der Waals surface area contributed by atoms with Crippen LogP contribution in [0.15, 0.2) is 0 Å². The summed E-state index contributed by atoms with van der Waals surface area (Å²) in [5, 5.41) is 11.1. The molecule has 1 unspecified atom stereocenters. The van der Waals surface area contributed by atoms with Crippen LogP contribution in [0.25, 0.3) is 0 Å². The Morgan fingerprint density at radius 1 is 1.31 bits per heavy atom. The van der Waals surface area contributed by atoms with Crippen LogP contribution < -0.4 is 5.25 Å². The number of hydrogen-bond donors (Lipinski definition) is 3. The summed E-state index contributed by atoms with van der Waals surface area (Å²) in [6.45, 7) is 8.10. The van der Waals surface area contributed by atoms with Crippen LogP contribution in [0, 0.1) is 11.3 Å². The van der Waals surface area contributed by atoms with E-state index < -0.39 is 14.6 Å². The summed E-state index contributed by atoms with van der Waals surface area (Å²) < 4.78 is 0. The van der Waals surface area contributed by atoms with Gasteiger partial charge in [0.1, 0.15) is 6.04 Å². The molecule has 0 saturated carbocycles. The van der Waals surface area contributed by atoms with Gasteiger partial charge in [0.05, 0.1) is 12.7 Å². The van der Waals surface area contributed by atoms with Gasteiger partial charge in [-0.1, -0.05) is 0 Å². The summed E-state index contributed by atoms with van der Waals surface area (Å²) in [4.78, 5) is 24.0. The molecule has 1 atom stereocenters. The molecule has 0 aromatic heterocycles. The lowest BCUT2D eigenvalue weighted by Gasteiger charge is -2.34. The van der Waals surface area contributed by atoms with Crippen LogP contribution in [-0.2, 0) is 4.84 Å². The zero-order chi connectivity index (χ0) is 12.7. The molecule has 0 aromatic rings. The summed E-state index contributed by atoms with van der Waals surface area (Å²) in [6, 6.07) is 2.17. The van der Waals surface area contributed by atoms with Crippen LogP contribution in [0.3, 0.4) is 0 Å². The lowest BCUT2D eigenvalue weighted by Crippen LogP contribution is -2.47. The Bertz CT molecular complexity index is 223. The smallest absolute Gasteiger partial charge is 0.275 e. The van der Waals surface area contributed by atoms with Gasteiger partial charge in [-0.15, -0.1) is 5.25 Å². The second-order valence-electron chi connectivity index (χ2n) is 3.97. The molecule has 0 rings (SSSR count). The van der Waals surface area contributed by atoms with Gasteiger partial charge in [-0.05, 0) is 27.7 Å². The number of rotatable bonds is 7. The van der Waals surface area contributed by atoms with Crippen LogP contribution in [-0.4, -0.2) is 39.4 Å². The van der Waals surface area contributed by atoms with Gasteiger partial charge in [0.25, 0.3) is 8.53 Å². The lowest BCUT2D eigenvalue weighted by molar-refractivity contribution is 0.0236. The van der Waals surface area contributed by atoms with Crippen molar-refractivity contribution in [3.8, 4) is 6.07 Å². The molecule has 0 heterocycles. The van der Waals surface area contributed by atoms with Crippen molar-refractivity contribution < 1.29 is 14.6 Å². The summed E-state index contributed by atoms with van der Waals surface area (Å²) >= 11 is 0. The Morgan fingerprint density at radius 3 is 2.12 bits per heavy atom. The Balaban J connectivity index is 4.29. The zero-order valence-corrected chi connectivity index (χ0v) is 11.0. The van der Waals surface area contributed by atoms with E-state index in [2.05, 4.69) is 6.07 Å². The van der Waals surface area contributed by atoms with Crippen molar-refractivity contribution in [3.63, 3.8) is 0 Å². The monoisotopic (exact) mass is 249 g/mol. The molecule has 0 saturated heterocycles. The third kappa shape index (κ3) is 5.71. The fraction of sp³-hybridized carbons (Fsp3) is 0.889. The zero-order valence-electron chi connectivity index (χ0n) is 10.1. The maximum Gasteiger partial charge on any atom is 0.275 e. The highest BCUT2D eigenvalue weighted by atomic mass is 31.2. The number of hydrogen-bond acceptors (Lipinski definition) is 6. The molecule has 0 aliphatic heterocycles. The van der Waals surface area contributed by atoms with E-state index in [4.69, 9.17) is 19.9 Å². The molecule has 0 radical (unpaired) electrons. The predicted molar refractivity (Wildman–Crippen MR) is 62.0 cm³/mol. The van der Waals surface area contributed by atoms with Gasteiger partial charge in [-0.3, -0.25) is 9.74 Å². The molecule has 0 spiro atoms. The summed E-state index contributed by atoms with van der Waals surface area (Å²) in [5.74, 6) is 0. The molecule has 0 aliphatic carbocycles. The minimum absolute atomic E-state index is 0.0901. The van der Waals surface area contributed by atoms with Gasteiger partial charge in [-0.2, -0.15) is 5.26 Å². The van der Waals surface area contributed by atoms with E-state index in [1.54, 1.807) is 0 Å². The Morgan fingerprint density at radius 2 is 1.81 bits per heavy atom. The molecular formula is C9H20N3O3P. The van der Waals surface area contributed by atoms with E-state index in [1.165, 1.54) is 0 Å². The first-order chi connectivity index (χ1) is 7.40. The fourth-order valence-electron chi connectivity index (χ4n) is 1.68. The van der Waals surface area contributed by atoms with E-state index in [1.807, 2.05) is 37.8 Å². The molecule has 6 nitrogen and oxygen atoms in total. The van der Waals surface area contributed by atoms with Gasteiger partial charge >= 0.3 is 0 Å². The molecule has 7 heteroatoms. The second-order valence-corrected chi connectivity index (χ2v) is 4.73. The first-order valence-electron chi connectivity index (χ1n) is 5.12. The standard InChI is InChI=1S/C9H20N3O3P/c1-7(2)12(8(3)4)9(5-10)6-15-11-16(13)14/h7-9,11,13-14H,6H2,1-4H3. The quantitative estimate of drug-likeness (QED) is 0.455. The number of nitriles is 1. The average Bonchev–Trinajstić information content (AvgIpc) is 2.14. The fourth-order valence-corrected chi connectivity index (χ4v) is 1.87. The Hall–Kier alpha value is -0.280. The summed E-state index contributed by atoms with van der Waals surface area (Å²) in [5.41, 5.74) is 0. The Labute approximate surface area is 97.7 Å². The SMILES string of the molecule is CC(C)N(C(C)C)C(C#N)CONP(O)O. The minimum atomic E-state index is -2.29. The molecule has 0 aliphatic rings. The predicted octanol–water partition coefficient (Wildman–Crippen LogP) is 0.730. The maximum absolute atomic E-state index is 9.04. The van der Waals surface area contributed by atoms with Crippen LogP contribution >= 0.6 is 8.53 Å². The number of nitrogens with one attached hydrogen (secondary N) is 1. The van der Waals surface area contributed by atoms with Crippen molar-refractivity contribution in [1.29, 1.82) is 5.26 Å². The summed E-state index contributed by atoms with van der Waals surface area (Å²) in [6.07, 6.45) is 0. The normalized spacial score (nSPS) is 13.8. The molecule has 0 amide bonds. The highest BCUT2D eigenvalue weighted by Gasteiger charge is 2.24. The third-order valence-corrected chi connectivity index (χ3v) is 2.38. The van der Waals surface area contributed by atoms with Crippen LogP contribution in [0.4, 0.5) is 0 Å². The van der Waals surface area contributed by atoms with Crippen LogP contribution in [0.5, 0.6) is 0 Å². The minimum Gasteiger partial charge on any atom is -0.337 e. The highest BCUT2D eigenvalue weighted by Crippen LogP contribution is 2.16. The molecule has 94 valence electrons. The van der Waals surface area contributed by atoms with Gasteiger partial charge in [0, 0.05) is 12.1 Å². The molecule has 16 heavy (non-hydrogen) atoms. The van der Waals surface area contributed by atoms with Crippen molar-refractivity contribution in [2.45, 2.75) is 45.8 Å². The molecule has 0 bridgehead atoms. The van der Waals surface area contributed by atoms with Crippen molar-refractivity contribution in [3.05, 3.63) is 0 Å². The van der Waals surface area contributed by atoms with Crippen molar-refractivity contribution in [2.75, 3.05) is 6.61 Å². The maximum atomic E-state index is 9.04. The van der Waals surface area contributed by atoms with E-state index in [0.29, 0.717) is 0 Å². The van der Waals surface area contributed by atoms with Crippen molar-refractivity contribution in [2.24, 2.45) is 0 Å². The van der Waals surface area contributed by atoms with Gasteiger partial charge in [0.2, 0.25) is 0 Å². The second kappa shape index (κ2) is 7.91. The van der Waals surface area contributed by atoms with Crippen LogP contribution in [0.2, 0.25) is 0 Å². The molecule has 0 aromatic carbocycles. The van der Waals surface area contributed by atoms with Crippen molar-refractivity contribution >= 4 is 8.53 Å². The van der Waals surface area contributed by atoms with E-state index in [9.17, 15) is 0 Å². The first kappa shape index (κ1) is 15.7. The lowest BCUT2D eigenvalue weighted by atomic mass is 10.1.